The van der Waals surface area contributed by atoms with Crippen LogP contribution in [0.1, 0.15) is 54.5 Å². The van der Waals surface area contributed by atoms with Gasteiger partial charge in [-0.05, 0) is 82.0 Å². The quantitative estimate of drug-likeness (QED) is 0.342. The molecule has 3 heterocycles. The molecule has 1 fully saturated rings. The topological polar surface area (TPSA) is 157 Å². The zero-order valence-corrected chi connectivity index (χ0v) is 26.4. The molecule has 1 saturated heterocycles. The Bertz CT molecular complexity index is 1630. The number of halogens is 1. The average molecular weight is 644 g/mol. The summed E-state index contributed by atoms with van der Waals surface area (Å²) in [5.74, 6) is -0.878. The van der Waals surface area contributed by atoms with Crippen molar-refractivity contribution in [3.63, 3.8) is 0 Å². The molecule has 3 amide bonds. The summed E-state index contributed by atoms with van der Waals surface area (Å²) >= 11 is 5.86. The summed E-state index contributed by atoms with van der Waals surface area (Å²) in [6.07, 6.45) is 4.76. The fraction of sp³-hybridized carbons (Fsp3) is 0.367. The number of hydrogen-bond acceptors (Lipinski definition) is 9. The lowest BCUT2D eigenvalue weighted by molar-refractivity contribution is 0.0164. The lowest BCUT2D eigenvalue weighted by atomic mass is 9.98. The summed E-state index contributed by atoms with van der Waals surface area (Å²) in [4.78, 5) is 48.6. The highest BCUT2D eigenvalue weighted by Gasteiger charge is 2.28. The summed E-state index contributed by atoms with van der Waals surface area (Å²) < 4.78 is 36.1. The standard InChI is InChI=1S/C30H34ClN5O7S/c1-30(2,3)43-29(39)36-14-11-19(12-15-36)18-42-24-16-21(44(4,40)41)8-9-22(24)27(37)34-23-6-5-13-32-26(23)28(38)35-25-10-7-20(31)17-33-25/h5-10,13,16-17,19H,11-12,14-15,18H2,1-4H3,(H,34,37)(H,33,35,38). The fourth-order valence-electron chi connectivity index (χ4n) is 4.36. The second-order valence-corrected chi connectivity index (χ2v) is 13.8. The van der Waals surface area contributed by atoms with E-state index in [2.05, 4.69) is 20.6 Å². The largest absolute Gasteiger partial charge is 0.492 e. The van der Waals surface area contributed by atoms with Gasteiger partial charge in [-0.1, -0.05) is 11.6 Å². The number of sulfone groups is 1. The smallest absolute Gasteiger partial charge is 0.410 e. The molecule has 2 aromatic heterocycles. The van der Waals surface area contributed by atoms with E-state index in [1.165, 1.54) is 42.7 Å². The third-order valence-corrected chi connectivity index (χ3v) is 7.94. The minimum Gasteiger partial charge on any atom is -0.492 e. The maximum absolute atomic E-state index is 13.5. The van der Waals surface area contributed by atoms with Crippen molar-refractivity contribution in [1.82, 2.24) is 14.9 Å². The molecule has 0 saturated carbocycles. The van der Waals surface area contributed by atoms with Gasteiger partial charge in [0.05, 0.1) is 27.8 Å². The Hall–Kier alpha value is -4.23. The Morgan fingerprint density at radius 3 is 2.39 bits per heavy atom. The second kappa shape index (κ2) is 13.6. The summed E-state index contributed by atoms with van der Waals surface area (Å²) in [6, 6.07) is 10.1. The molecule has 234 valence electrons. The molecule has 0 radical (unpaired) electrons. The number of benzene rings is 1. The van der Waals surface area contributed by atoms with Gasteiger partial charge >= 0.3 is 6.09 Å². The molecule has 0 aliphatic carbocycles. The van der Waals surface area contributed by atoms with Crippen LogP contribution >= 0.6 is 11.6 Å². The van der Waals surface area contributed by atoms with Crippen molar-refractivity contribution >= 4 is 50.9 Å². The first-order valence-corrected chi connectivity index (χ1v) is 16.1. The molecule has 0 atom stereocenters. The predicted octanol–water partition coefficient (Wildman–Crippen LogP) is 5.06. The van der Waals surface area contributed by atoms with Crippen LogP contribution in [0, 0.1) is 5.92 Å². The Kier molecular flexibility index (Phi) is 10.1. The number of amides is 3. The second-order valence-electron chi connectivity index (χ2n) is 11.3. The molecule has 4 rings (SSSR count). The number of anilines is 2. The first kappa shape index (κ1) is 32.7. The van der Waals surface area contributed by atoms with E-state index in [0.29, 0.717) is 31.0 Å². The molecule has 44 heavy (non-hydrogen) atoms. The van der Waals surface area contributed by atoms with E-state index >= 15 is 0 Å². The Morgan fingerprint density at radius 2 is 1.75 bits per heavy atom. The lowest BCUT2D eigenvalue weighted by Crippen LogP contribution is -2.42. The summed E-state index contributed by atoms with van der Waals surface area (Å²) in [6.45, 7) is 6.60. The number of nitrogens with one attached hydrogen (secondary N) is 2. The van der Waals surface area contributed by atoms with Crippen LogP contribution in [0.2, 0.25) is 5.02 Å². The number of ether oxygens (including phenoxy) is 2. The van der Waals surface area contributed by atoms with Crippen molar-refractivity contribution < 1.29 is 32.3 Å². The van der Waals surface area contributed by atoms with Gasteiger partial charge in [0.25, 0.3) is 11.8 Å². The molecule has 12 nitrogen and oxygen atoms in total. The molecular weight excluding hydrogens is 610 g/mol. The molecule has 1 aliphatic heterocycles. The number of pyridine rings is 2. The van der Waals surface area contributed by atoms with Gasteiger partial charge in [0.1, 0.15) is 17.2 Å². The van der Waals surface area contributed by atoms with Crippen LogP contribution < -0.4 is 15.4 Å². The van der Waals surface area contributed by atoms with E-state index in [1.54, 1.807) is 17.0 Å². The maximum atomic E-state index is 13.5. The minimum atomic E-state index is -3.60. The molecule has 0 bridgehead atoms. The van der Waals surface area contributed by atoms with Crippen molar-refractivity contribution in [3.8, 4) is 5.75 Å². The molecule has 14 heteroatoms. The van der Waals surface area contributed by atoms with Crippen molar-refractivity contribution in [3.05, 3.63) is 71.1 Å². The fourth-order valence-corrected chi connectivity index (χ4v) is 5.11. The third kappa shape index (κ3) is 8.89. The van der Waals surface area contributed by atoms with E-state index in [0.717, 1.165) is 6.26 Å². The summed E-state index contributed by atoms with van der Waals surface area (Å²) in [5, 5.41) is 5.69. The van der Waals surface area contributed by atoms with Gasteiger partial charge in [-0.25, -0.2) is 23.2 Å². The van der Waals surface area contributed by atoms with E-state index in [-0.39, 0.29) is 52.0 Å². The SMILES string of the molecule is CC(C)(C)OC(=O)N1CCC(COc2cc(S(C)(=O)=O)ccc2C(=O)Nc2cccnc2C(=O)Nc2ccc(Cl)cn2)CC1. The molecule has 1 aliphatic rings. The van der Waals surface area contributed by atoms with Gasteiger partial charge < -0.3 is 25.0 Å². The molecule has 0 unspecified atom stereocenters. The molecule has 0 spiro atoms. The van der Waals surface area contributed by atoms with Crippen molar-refractivity contribution in [1.29, 1.82) is 0 Å². The van der Waals surface area contributed by atoms with Crippen LogP contribution in [-0.4, -0.2) is 72.7 Å². The molecular formula is C30H34ClN5O7S. The van der Waals surface area contributed by atoms with Gasteiger partial charge in [-0.3, -0.25) is 9.59 Å². The maximum Gasteiger partial charge on any atom is 0.410 e. The van der Waals surface area contributed by atoms with E-state index in [1.807, 2.05) is 20.8 Å². The van der Waals surface area contributed by atoms with Crippen LogP contribution in [0.5, 0.6) is 5.75 Å². The van der Waals surface area contributed by atoms with E-state index < -0.39 is 27.3 Å². The number of hydrogen-bond donors (Lipinski definition) is 2. The van der Waals surface area contributed by atoms with Gasteiger partial charge in [-0.2, -0.15) is 0 Å². The Balaban J connectivity index is 1.48. The van der Waals surface area contributed by atoms with Crippen LogP contribution in [0.4, 0.5) is 16.3 Å². The molecule has 3 aromatic rings. The number of aromatic nitrogens is 2. The highest BCUT2D eigenvalue weighted by molar-refractivity contribution is 7.90. The molecule has 2 N–H and O–H groups in total. The third-order valence-electron chi connectivity index (χ3n) is 6.61. The average Bonchev–Trinajstić information content (AvgIpc) is 2.96. The van der Waals surface area contributed by atoms with Crippen molar-refractivity contribution in [2.45, 2.75) is 44.1 Å². The first-order valence-electron chi connectivity index (χ1n) is 13.8. The predicted molar refractivity (Wildman–Crippen MR) is 165 cm³/mol. The zero-order chi connectivity index (χ0) is 32.1. The van der Waals surface area contributed by atoms with E-state index in [4.69, 9.17) is 21.1 Å². The van der Waals surface area contributed by atoms with Crippen LogP contribution in [0.3, 0.4) is 0 Å². The summed E-state index contributed by atoms with van der Waals surface area (Å²) in [5.41, 5.74) is -0.466. The van der Waals surface area contributed by atoms with Gasteiger partial charge in [0, 0.05) is 31.7 Å². The number of piperidine rings is 1. The number of likely N-dealkylation sites (tertiary alicyclic amines) is 1. The lowest BCUT2D eigenvalue weighted by Gasteiger charge is -2.33. The van der Waals surface area contributed by atoms with Crippen LogP contribution in [0.25, 0.3) is 0 Å². The number of carbonyl (C=O) groups excluding carboxylic acids is 3. The highest BCUT2D eigenvalue weighted by atomic mass is 35.5. The van der Waals surface area contributed by atoms with Gasteiger partial charge in [0.15, 0.2) is 15.5 Å². The normalized spacial score (nSPS) is 14.1. The van der Waals surface area contributed by atoms with Crippen molar-refractivity contribution in [2.24, 2.45) is 5.92 Å². The minimum absolute atomic E-state index is 0.0132. The Labute approximate surface area is 261 Å². The zero-order valence-electron chi connectivity index (χ0n) is 24.8. The summed E-state index contributed by atoms with van der Waals surface area (Å²) in [7, 11) is -3.60. The molecule has 1 aromatic carbocycles. The van der Waals surface area contributed by atoms with Crippen LogP contribution in [-0.2, 0) is 14.6 Å². The number of rotatable bonds is 8. The van der Waals surface area contributed by atoms with Gasteiger partial charge in [-0.15, -0.1) is 0 Å². The monoisotopic (exact) mass is 643 g/mol. The van der Waals surface area contributed by atoms with Crippen LogP contribution in [0.15, 0.2) is 59.8 Å². The first-order chi connectivity index (χ1) is 20.7. The number of nitrogens with zero attached hydrogens (tertiary/aromatic N) is 3. The van der Waals surface area contributed by atoms with Gasteiger partial charge in [0.2, 0.25) is 0 Å². The Morgan fingerprint density at radius 1 is 1.02 bits per heavy atom. The highest BCUT2D eigenvalue weighted by Crippen LogP contribution is 2.28. The van der Waals surface area contributed by atoms with E-state index in [9.17, 15) is 22.8 Å². The van der Waals surface area contributed by atoms with Crippen molar-refractivity contribution in [2.75, 3.05) is 36.6 Å². The number of carbonyl (C=O) groups is 3.